The van der Waals surface area contributed by atoms with Crippen LogP contribution in [0.15, 0.2) is 12.2 Å². The zero-order valence-electron chi connectivity index (χ0n) is 8.20. The molecule has 3 nitrogen and oxygen atoms in total. The first-order valence-corrected chi connectivity index (χ1v) is 4.09. The number of carbonyl (C=O) groups is 1. The van der Waals surface area contributed by atoms with E-state index >= 15 is 0 Å². The lowest BCUT2D eigenvalue weighted by Crippen LogP contribution is -2.22. The summed E-state index contributed by atoms with van der Waals surface area (Å²) < 4.78 is 4.73. The molecule has 0 spiro atoms. The van der Waals surface area contributed by atoms with E-state index in [-0.39, 0.29) is 12.0 Å². The van der Waals surface area contributed by atoms with Gasteiger partial charge in [0, 0.05) is 12.1 Å². The maximum absolute atomic E-state index is 10.8. The highest BCUT2D eigenvalue weighted by Gasteiger charge is 2.00. The van der Waals surface area contributed by atoms with E-state index in [2.05, 4.69) is 0 Å². The lowest BCUT2D eigenvalue weighted by Gasteiger charge is -2.14. The molecule has 0 rings (SSSR count). The van der Waals surface area contributed by atoms with Gasteiger partial charge >= 0.3 is 5.97 Å². The summed E-state index contributed by atoms with van der Waals surface area (Å²) in [7, 11) is 3.92. The second-order valence-electron chi connectivity index (χ2n) is 2.82. The summed E-state index contributed by atoms with van der Waals surface area (Å²) in [5.41, 5.74) is 0. The molecular weight excluding hydrogens is 154 g/mol. The fourth-order valence-electron chi connectivity index (χ4n) is 0.580. The van der Waals surface area contributed by atoms with Crippen molar-refractivity contribution in [3.05, 3.63) is 12.2 Å². The van der Waals surface area contributed by atoms with E-state index in [1.54, 1.807) is 6.92 Å². The Hall–Kier alpha value is -0.830. The number of likely N-dealkylation sites (N-methyl/N-ethyl adjacent to an activating group) is 1. The van der Waals surface area contributed by atoms with Gasteiger partial charge in [0.15, 0.2) is 0 Å². The van der Waals surface area contributed by atoms with E-state index in [1.807, 2.05) is 32.0 Å². The first kappa shape index (κ1) is 11.2. The standard InChI is InChI=1S/C9H17NO2/c1-5-12-9(11)7-6-8(2)10(3)4/h6-8H,5H2,1-4H3. The van der Waals surface area contributed by atoms with Crippen LogP contribution < -0.4 is 0 Å². The molecule has 12 heavy (non-hydrogen) atoms. The van der Waals surface area contributed by atoms with Crippen LogP contribution in [0.25, 0.3) is 0 Å². The molecule has 0 radical (unpaired) electrons. The van der Waals surface area contributed by atoms with Gasteiger partial charge in [-0.3, -0.25) is 0 Å². The molecule has 0 saturated heterocycles. The number of hydrogen-bond acceptors (Lipinski definition) is 3. The predicted molar refractivity (Wildman–Crippen MR) is 48.9 cm³/mol. The zero-order chi connectivity index (χ0) is 9.56. The molecule has 0 N–H and O–H groups in total. The predicted octanol–water partition coefficient (Wildman–Crippen LogP) is 1.06. The van der Waals surface area contributed by atoms with Crippen molar-refractivity contribution in [2.75, 3.05) is 20.7 Å². The van der Waals surface area contributed by atoms with Gasteiger partial charge < -0.3 is 9.64 Å². The van der Waals surface area contributed by atoms with Gasteiger partial charge in [0.25, 0.3) is 0 Å². The normalized spacial score (nSPS) is 13.8. The van der Waals surface area contributed by atoms with Gasteiger partial charge in [-0.1, -0.05) is 6.08 Å². The van der Waals surface area contributed by atoms with Crippen molar-refractivity contribution in [2.45, 2.75) is 19.9 Å². The number of hydrogen-bond donors (Lipinski definition) is 0. The number of ether oxygens (including phenoxy) is 1. The van der Waals surface area contributed by atoms with Crippen molar-refractivity contribution in [2.24, 2.45) is 0 Å². The highest BCUT2D eigenvalue weighted by Crippen LogP contribution is 1.93. The molecule has 0 bridgehead atoms. The van der Waals surface area contributed by atoms with E-state index in [4.69, 9.17) is 4.74 Å². The summed E-state index contributed by atoms with van der Waals surface area (Å²) in [6.45, 7) is 4.23. The van der Waals surface area contributed by atoms with Crippen molar-refractivity contribution in [3.8, 4) is 0 Å². The molecule has 1 unspecified atom stereocenters. The zero-order valence-corrected chi connectivity index (χ0v) is 8.20. The van der Waals surface area contributed by atoms with Gasteiger partial charge in [0.1, 0.15) is 0 Å². The number of nitrogens with zero attached hydrogens (tertiary/aromatic N) is 1. The summed E-state index contributed by atoms with van der Waals surface area (Å²) in [5.74, 6) is -0.272. The number of carbonyl (C=O) groups excluding carboxylic acids is 1. The van der Waals surface area contributed by atoms with Gasteiger partial charge in [0.2, 0.25) is 0 Å². The molecule has 0 aliphatic rings. The fraction of sp³-hybridized carbons (Fsp3) is 0.667. The molecule has 0 aliphatic heterocycles. The number of rotatable bonds is 4. The molecule has 1 atom stereocenters. The third-order valence-electron chi connectivity index (χ3n) is 1.61. The second kappa shape index (κ2) is 5.77. The minimum absolute atomic E-state index is 0.259. The fourth-order valence-corrected chi connectivity index (χ4v) is 0.580. The molecule has 0 amide bonds. The Balaban J connectivity index is 3.81. The van der Waals surface area contributed by atoms with Crippen molar-refractivity contribution in [1.82, 2.24) is 4.90 Å². The molecule has 0 saturated carbocycles. The summed E-state index contributed by atoms with van der Waals surface area (Å²) >= 11 is 0. The molecule has 0 aromatic heterocycles. The minimum Gasteiger partial charge on any atom is -0.463 e. The Kier molecular flexibility index (Phi) is 5.37. The topological polar surface area (TPSA) is 29.5 Å². The van der Waals surface area contributed by atoms with Gasteiger partial charge in [-0.15, -0.1) is 0 Å². The van der Waals surface area contributed by atoms with Gasteiger partial charge in [0.05, 0.1) is 6.61 Å². The Bertz CT molecular complexity index is 164. The Morgan fingerprint density at radius 2 is 2.17 bits per heavy atom. The van der Waals surface area contributed by atoms with Crippen molar-refractivity contribution in [1.29, 1.82) is 0 Å². The third-order valence-corrected chi connectivity index (χ3v) is 1.61. The molecule has 0 aliphatic carbocycles. The Morgan fingerprint density at radius 3 is 2.58 bits per heavy atom. The SMILES string of the molecule is CCOC(=O)C=CC(C)N(C)C. The van der Waals surface area contributed by atoms with Crippen LogP contribution in [-0.2, 0) is 9.53 Å². The van der Waals surface area contributed by atoms with Crippen molar-refractivity contribution in [3.63, 3.8) is 0 Å². The lowest BCUT2D eigenvalue weighted by molar-refractivity contribution is -0.137. The van der Waals surface area contributed by atoms with E-state index < -0.39 is 0 Å². The highest BCUT2D eigenvalue weighted by atomic mass is 16.5. The molecular formula is C9H17NO2. The quantitative estimate of drug-likeness (QED) is 0.468. The van der Waals surface area contributed by atoms with Crippen LogP contribution >= 0.6 is 0 Å². The monoisotopic (exact) mass is 171 g/mol. The molecule has 0 heterocycles. The molecule has 0 aromatic carbocycles. The van der Waals surface area contributed by atoms with E-state index in [0.29, 0.717) is 6.61 Å². The van der Waals surface area contributed by atoms with Gasteiger partial charge in [-0.05, 0) is 27.9 Å². The first-order chi connectivity index (χ1) is 5.57. The van der Waals surface area contributed by atoms with Crippen LogP contribution in [0, 0.1) is 0 Å². The molecule has 0 fully saturated rings. The van der Waals surface area contributed by atoms with Crippen LogP contribution in [0.3, 0.4) is 0 Å². The average Bonchev–Trinajstić information content (AvgIpc) is 2.00. The van der Waals surface area contributed by atoms with E-state index in [0.717, 1.165) is 0 Å². The van der Waals surface area contributed by atoms with Crippen LogP contribution in [-0.4, -0.2) is 37.6 Å². The van der Waals surface area contributed by atoms with Gasteiger partial charge in [-0.2, -0.15) is 0 Å². The smallest absolute Gasteiger partial charge is 0.330 e. The van der Waals surface area contributed by atoms with Crippen LogP contribution in [0.2, 0.25) is 0 Å². The summed E-state index contributed by atoms with van der Waals surface area (Å²) in [5, 5.41) is 0. The largest absolute Gasteiger partial charge is 0.463 e. The lowest BCUT2D eigenvalue weighted by atomic mass is 10.3. The molecule has 70 valence electrons. The maximum Gasteiger partial charge on any atom is 0.330 e. The first-order valence-electron chi connectivity index (χ1n) is 4.09. The van der Waals surface area contributed by atoms with E-state index in [1.165, 1.54) is 6.08 Å². The van der Waals surface area contributed by atoms with Crippen molar-refractivity contribution < 1.29 is 9.53 Å². The maximum atomic E-state index is 10.8. The highest BCUT2D eigenvalue weighted by molar-refractivity contribution is 5.81. The van der Waals surface area contributed by atoms with Crippen molar-refractivity contribution >= 4 is 5.97 Å². The minimum atomic E-state index is -0.272. The third kappa shape index (κ3) is 4.91. The number of esters is 1. The molecule has 3 heteroatoms. The van der Waals surface area contributed by atoms with Crippen LogP contribution in [0.4, 0.5) is 0 Å². The summed E-state index contributed by atoms with van der Waals surface area (Å²) in [4.78, 5) is 12.9. The summed E-state index contributed by atoms with van der Waals surface area (Å²) in [6.07, 6.45) is 3.28. The van der Waals surface area contributed by atoms with Crippen LogP contribution in [0.1, 0.15) is 13.8 Å². The van der Waals surface area contributed by atoms with Gasteiger partial charge in [-0.25, -0.2) is 4.79 Å². The Labute approximate surface area is 74.0 Å². The second-order valence-corrected chi connectivity index (χ2v) is 2.82. The Morgan fingerprint density at radius 1 is 1.58 bits per heavy atom. The average molecular weight is 171 g/mol. The van der Waals surface area contributed by atoms with Crippen LogP contribution in [0.5, 0.6) is 0 Å². The summed E-state index contributed by atoms with van der Waals surface area (Å²) in [6, 6.07) is 0.259. The molecule has 0 aromatic rings. The van der Waals surface area contributed by atoms with E-state index in [9.17, 15) is 4.79 Å².